The van der Waals surface area contributed by atoms with Crippen molar-refractivity contribution in [3.63, 3.8) is 0 Å². The summed E-state index contributed by atoms with van der Waals surface area (Å²) in [5.74, 6) is 3.19. The fourth-order valence-corrected chi connectivity index (χ4v) is 4.44. The molecule has 4 atom stereocenters. The van der Waals surface area contributed by atoms with Crippen LogP contribution in [-0.4, -0.2) is 19.1 Å². The Labute approximate surface area is 139 Å². The van der Waals surface area contributed by atoms with Crippen LogP contribution in [0.15, 0.2) is 24.3 Å². The monoisotopic (exact) mass is 313 g/mol. The molecule has 2 fully saturated rings. The van der Waals surface area contributed by atoms with E-state index in [0.717, 1.165) is 28.7 Å². The van der Waals surface area contributed by atoms with Crippen molar-refractivity contribution in [2.45, 2.75) is 45.6 Å². The second-order valence-corrected chi connectivity index (χ2v) is 7.21. The molecule has 1 amide bonds. The zero-order chi connectivity index (χ0) is 16.4. The summed E-state index contributed by atoms with van der Waals surface area (Å²) in [5, 5.41) is 3.16. The van der Waals surface area contributed by atoms with Gasteiger partial charge in [0.25, 0.3) is 0 Å². The normalized spacial score (nSPS) is 27.3. The van der Waals surface area contributed by atoms with Gasteiger partial charge in [-0.2, -0.15) is 0 Å². The molecule has 0 spiro atoms. The third-order valence-electron chi connectivity index (χ3n) is 5.60. The highest BCUT2D eigenvalue weighted by Gasteiger charge is 2.41. The number of methoxy groups -OCH3 is 1. The molecule has 1 aromatic carbocycles. The summed E-state index contributed by atoms with van der Waals surface area (Å²) >= 11 is 0. The Morgan fingerprint density at radius 3 is 2.83 bits per heavy atom. The van der Waals surface area contributed by atoms with Gasteiger partial charge in [-0.3, -0.25) is 4.79 Å². The summed E-state index contributed by atoms with van der Waals surface area (Å²) in [7, 11) is 1.65. The van der Waals surface area contributed by atoms with Gasteiger partial charge >= 0.3 is 0 Å². The maximum atomic E-state index is 12.2. The minimum absolute atomic E-state index is 0.0103. The van der Waals surface area contributed by atoms with Crippen LogP contribution in [-0.2, 0) is 4.79 Å². The van der Waals surface area contributed by atoms with Gasteiger partial charge in [-0.15, -0.1) is 0 Å². The number of carbonyl (C=O) groups is 1. The van der Waals surface area contributed by atoms with Gasteiger partial charge in [0, 0.05) is 17.7 Å². The van der Waals surface area contributed by atoms with E-state index in [0.29, 0.717) is 5.92 Å². The van der Waals surface area contributed by atoms with Crippen molar-refractivity contribution in [2.24, 2.45) is 17.8 Å². The van der Waals surface area contributed by atoms with Crippen LogP contribution in [0, 0.1) is 24.7 Å². The Kier molecular flexibility index (Phi) is 4.74. The Morgan fingerprint density at radius 2 is 2.17 bits per heavy atom. The molecule has 23 heavy (non-hydrogen) atoms. The molecule has 0 heterocycles. The van der Waals surface area contributed by atoms with Crippen molar-refractivity contribution in [3.05, 3.63) is 35.4 Å². The maximum absolute atomic E-state index is 12.2. The first-order chi connectivity index (χ1) is 11.1. The van der Waals surface area contributed by atoms with Gasteiger partial charge < -0.3 is 10.1 Å². The van der Waals surface area contributed by atoms with Crippen LogP contribution in [0.2, 0.25) is 0 Å². The van der Waals surface area contributed by atoms with Gasteiger partial charge in [-0.25, -0.2) is 0 Å². The van der Waals surface area contributed by atoms with E-state index in [1.165, 1.54) is 25.7 Å². The van der Waals surface area contributed by atoms with E-state index in [9.17, 15) is 4.79 Å². The van der Waals surface area contributed by atoms with Crippen LogP contribution in [0.5, 0.6) is 5.75 Å². The minimum Gasteiger partial charge on any atom is -0.496 e. The Hall–Kier alpha value is -1.77. The number of fused-ring (bicyclic) bond motifs is 2. The molecule has 124 valence electrons. The standard InChI is InChI=1S/C20H27NO2/c1-13-4-8-19(23-3)17(10-13)7-9-20(22)21-14(2)18-12-15-5-6-16(18)11-15/h4,7-10,14-16,18H,5-6,11-12H2,1-3H3,(H,21,22)/b9-7+. The Bertz CT molecular complexity index is 608. The predicted octanol–water partition coefficient (Wildman–Crippen LogP) is 3.96. The molecule has 2 saturated carbocycles. The van der Waals surface area contributed by atoms with E-state index >= 15 is 0 Å². The predicted molar refractivity (Wildman–Crippen MR) is 93.3 cm³/mol. The molecule has 0 aliphatic heterocycles. The molecule has 4 unspecified atom stereocenters. The van der Waals surface area contributed by atoms with Gasteiger partial charge in [-0.1, -0.05) is 18.1 Å². The number of rotatable bonds is 5. The van der Waals surface area contributed by atoms with Crippen LogP contribution < -0.4 is 10.1 Å². The van der Waals surface area contributed by atoms with Crippen molar-refractivity contribution in [3.8, 4) is 5.75 Å². The summed E-state index contributed by atoms with van der Waals surface area (Å²) in [4.78, 5) is 12.2. The smallest absolute Gasteiger partial charge is 0.244 e. The molecule has 3 rings (SSSR count). The Morgan fingerprint density at radius 1 is 1.35 bits per heavy atom. The maximum Gasteiger partial charge on any atom is 0.244 e. The summed E-state index contributed by atoms with van der Waals surface area (Å²) in [6.45, 7) is 4.19. The average molecular weight is 313 g/mol. The van der Waals surface area contributed by atoms with Crippen LogP contribution in [0.1, 0.15) is 43.7 Å². The summed E-state index contributed by atoms with van der Waals surface area (Å²) in [5.41, 5.74) is 2.09. The fraction of sp³-hybridized carbons (Fsp3) is 0.550. The molecule has 0 aromatic heterocycles. The van der Waals surface area contributed by atoms with Gasteiger partial charge in [0.05, 0.1) is 7.11 Å². The molecule has 2 aliphatic rings. The number of ether oxygens (including phenoxy) is 1. The lowest BCUT2D eigenvalue weighted by Crippen LogP contribution is -2.39. The van der Waals surface area contributed by atoms with E-state index in [2.05, 4.69) is 12.2 Å². The SMILES string of the molecule is COc1ccc(C)cc1/C=C/C(=O)NC(C)C1CC2CCC1C2. The number of aryl methyl sites for hydroxylation is 1. The van der Waals surface area contributed by atoms with E-state index in [-0.39, 0.29) is 11.9 Å². The molecule has 1 aromatic rings. The number of amides is 1. The Balaban J connectivity index is 1.60. The molecule has 1 N–H and O–H groups in total. The lowest BCUT2D eigenvalue weighted by molar-refractivity contribution is -0.117. The van der Waals surface area contributed by atoms with Crippen LogP contribution in [0.25, 0.3) is 6.08 Å². The van der Waals surface area contributed by atoms with Crippen molar-refractivity contribution < 1.29 is 9.53 Å². The molecule has 3 heteroatoms. The number of hydrogen-bond donors (Lipinski definition) is 1. The van der Waals surface area contributed by atoms with Crippen molar-refractivity contribution in [1.82, 2.24) is 5.32 Å². The fourth-order valence-electron chi connectivity index (χ4n) is 4.44. The molecular formula is C20H27NO2. The average Bonchev–Trinajstić information content (AvgIpc) is 3.16. The third-order valence-corrected chi connectivity index (χ3v) is 5.60. The van der Waals surface area contributed by atoms with E-state index in [1.807, 2.05) is 31.2 Å². The summed E-state index contributed by atoms with van der Waals surface area (Å²) < 4.78 is 5.35. The van der Waals surface area contributed by atoms with Crippen LogP contribution in [0.4, 0.5) is 0 Å². The first-order valence-electron chi connectivity index (χ1n) is 8.70. The third kappa shape index (κ3) is 3.60. The lowest BCUT2D eigenvalue weighted by Gasteiger charge is -2.28. The van der Waals surface area contributed by atoms with Crippen molar-refractivity contribution >= 4 is 12.0 Å². The topological polar surface area (TPSA) is 38.3 Å². The van der Waals surface area contributed by atoms with Crippen LogP contribution >= 0.6 is 0 Å². The highest BCUT2D eigenvalue weighted by atomic mass is 16.5. The van der Waals surface area contributed by atoms with E-state index in [4.69, 9.17) is 4.74 Å². The highest BCUT2D eigenvalue weighted by Crippen LogP contribution is 2.49. The zero-order valence-corrected chi connectivity index (χ0v) is 14.3. The summed E-state index contributed by atoms with van der Waals surface area (Å²) in [6.07, 6.45) is 8.89. The van der Waals surface area contributed by atoms with Gasteiger partial charge in [0.2, 0.25) is 5.91 Å². The second-order valence-electron chi connectivity index (χ2n) is 7.21. The zero-order valence-electron chi connectivity index (χ0n) is 14.3. The molecular weight excluding hydrogens is 286 g/mol. The van der Waals surface area contributed by atoms with Crippen molar-refractivity contribution in [1.29, 1.82) is 0 Å². The molecule has 0 saturated heterocycles. The first-order valence-corrected chi connectivity index (χ1v) is 8.70. The number of nitrogens with one attached hydrogen (secondary N) is 1. The quantitative estimate of drug-likeness (QED) is 0.836. The second kappa shape index (κ2) is 6.77. The van der Waals surface area contributed by atoms with E-state index in [1.54, 1.807) is 13.2 Å². The number of benzene rings is 1. The van der Waals surface area contributed by atoms with Crippen molar-refractivity contribution in [2.75, 3.05) is 7.11 Å². The largest absolute Gasteiger partial charge is 0.496 e. The van der Waals surface area contributed by atoms with Gasteiger partial charge in [0.15, 0.2) is 0 Å². The van der Waals surface area contributed by atoms with Gasteiger partial charge in [0.1, 0.15) is 5.75 Å². The van der Waals surface area contributed by atoms with E-state index < -0.39 is 0 Å². The van der Waals surface area contributed by atoms with Gasteiger partial charge in [-0.05, 0) is 69.1 Å². The molecule has 2 bridgehead atoms. The lowest BCUT2D eigenvalue weighted by atomic mass is 9.84. The number of hydrogen-bond acceptors (Lipinski definition) is 2. The first kappa shape index (κ1) is 16.1. The highest BCUT2D eigenvalue weighted by molar-refractivity contribution is 5.92. The molecule has 2 aliphatic carbocycles. The number of carbonyl (C=O) groups excluding carboxylic acids is 1. The van der Waals surface area contributed by atoms with Crippen LogP contribution in [0.3, 0.4) is 0 Å². The molecule has 3 nitrogen and oxygen atoms in total. The summed E-state index contributed by atoms with van der Waals surface area (Å²) in [6, 6.07) is 6.24. The minimum atomic E-state index is -0.0103. The molecule has 0 radical (unpaired) electrons.